The van der Waals surface area contributed by atoms with Gasteiger partial charge in [0.2, 0.25) is 0 Å². The van der Waals surface area contributed by atoms with Crippen LogP contribution in [-0.2, 0) is 17.8 Å². The Bertz CT molecular complexity index is 673. The summed E-state index contributed by atoms with van der Waals surface area (Å²) >= 11 is 0. The molecule has 4 nitrogen and oxygen atoms in total. The lowest BCUT2D eigenvalue weighted by molar-refractivity contribution is -0.138. The van der Waals surface area contributed by atoms with Crippen molar-refractivity contribution in [3.8, 4) is 5.75 Å². The van der Waals surface area contributed by atoms with E-state index in [0.29, 0.717) is 6.61 Å². The molecule has 0 aliphatic heterocycles. The molecule has 0 radical (unpaired) electrons. The third-order valence-electron chi connectivity index (χ3n) is 4.08. The molecule has 136 valence electrons. The second-order valence-electron chi connectivity index (χ2n) is 6.28. The van der Waals surface area contributed by atoms with Crippen LogP contribution in [0.4, 0.5) is 0 Å². The first-order chi connectivity index (χ1) is 11.4. The van der Waals surface area contributed by atoms with Gasteiger partial charge in [0.25, 0.3) is 0 Å². The Morgan fingerprint density at radius 1 is 1.16 bits per heavy atom. The van der Waals surface area contributed by atoms with E-state index in [1.807, 2.05) is 49.2 Å². The smallest absolute Gasteiger partial charge is 0.317 e. The van der Waals surface area contributed by atoms with Gasteiger partial charge in [-0.3, -0.25) is 9.69 Å². The Morgan fingerprint density at radius 2 is 1.84 bits per heavy atom. The second-order valence-corrected chi connectivity index (χ2v) is 6.28. The number of carboxylic acid groups (broad SMARTS) is 1. The molecule has 0 bridgehead atoms. The van der Waals surface area contributed by atoms with Crippen molar-refractivity contribution in [1.29, 1.82) is 0 Å². The highest BCUT2D eigenvalue weighted by Gasteiger charge is 2.12. The topological polar surface area (TPSA) is 49.8 Å². The Labute approximate surface area is 155 Å². The lowest BCUT2D eigenvalue weighted by atomic mass is 10.1. The third-order valence-corrected chi connectivity index (χ3v) is 4.08. The Kier molecular flexibility index (Phi) is 8.46. The van der Waals surface area contributed by atoms with Crippen molar-refractivity contribution in [2.75, 3.05) is 13.6 Å². The normalized spacial score (nSPS) is 11.7. The SMILES string of the molecule is Cc1cccc(COc2ccc(C[C@@H](C)N(C)CC(=O)O)cc2)c1.Cl. The lowest BCUT2D eigenvalue weighted by Crippen LogP contribution is -2.35. The minimum atomic E-state index is -0.802. The standard InChI is InChI=1S/C20H25NO3.ClH/c1-15-5-4-6-18(11-15)14-24-19-9-7-17(8-10-19)12-16(2)21(3)13-20(22)23;/h4-11,16H,12-14H2,1-3H3,(H,22,23);1H/t16-;/m1./s1. The van der Waals surface area contributed by atoms with Crippen LogP contribution in [0.1, 0.15) is 23.6 Å². The maximum Gasteiger partial charge on any atom is 0.317 e. The number of aliphatic carboxylic acids is 1. The molecule has 0 aromatic heterocycles. The summed E-state index contributed by atoms with van der Waals surface area (Å²) in [7, 11) is 1.83. The van der Waals surface area contributed by atoms with Gasteiger partial charge in [-0.15, -0.1) is 12.4 Å². The van der Waals surface area contributed by atoms with Gasteiger partial charge in [0.1, 0.15) is 12.4 Å². The highest BCUT2D eigenvalue weighted by atomic mass is 35.5. The van der Waals surface area contributed by atoms with Crippen LogP contribution in [0.25, 0.3) is 0 Å². The van der Waals surface area contributed by atoms with E-state index >= 15 is 0 Å². The van der Waals surface area contributed by atoms with Crippen LogP contribution in [0.3, 0.4) is 0 Å². The van der Waals surface area contributed by atoms with Crippen molar-refractivity contribution in [2.24, 2.45) is 0 Å². The van der Waals surface area contributed by atoms with Gasteiger partial charge in [-0.2, -0.15) is 0 Å². The van der Waals surface area contributed by atoms with Crippen molar-refractivity contribution in [3.05, 3.63) is 65.2 Å². The zero-order valence-electron chi connectivity index (χ0n) is 14.9. The van der Waals surface area contributed by atoms with E-state index in [2.05, 4.69) is 25.1 Å². The van der Waals surface area contributed by atoms with Crippen LogP contribution in [0, 0.1) is 6.92 Å². The summed E-state index contributed by atoms with van der Waals surface area (Å²) in [5.74, 6) is 0.0380. The number of rotatable bonds is 8. The van der Waals surface area contributed by atoms with E-state index in [1.165, 1.54) is 11.1 Å². The fraction of sp³-hybridized carbons (Fsp3) is 0.350. The van der Waals surface area contributed by atoms with Gasteiger partial charge in [-0.05, 0) is 50.6 Å². The van der Waals surface area contributed by atoms with Crippen LogP contribution in [-0.4, -0.2) is 35.6 Å². The van der Waals surface area contributed by atoms with Crippen LogP contribution in [0.5, 0.6) is 5.75 Å². The Morgan fingerprint density at radius 3 is 2.44 bits per heavy atom. The minimum Gasteiger partial charge on any atom is -0.489 e. The molecule has 0 heterocycles. The number of carbonyl (C=O) groups is 1. The number of benzene rings is 2. The fourth-order valence-electron chi connectivity index (χ4n) is 2.56. The minimum absolute atomic E-state index is 0. The van der Waals surface area contributed by atoms with Crippen LogP contribution >= 0.6 is 12.4 Å². The number of nitrogens with zero attached hydrogens (tertiary/aromatic N) is 1. The molecule has 0 saturated carbocycles. The predicted molar refractivity (Wildman–Crippen MR) is 103 cm³/mol. The molecule has 1 N–H and O–H groups in total. The molecule has 2 aromatic rings. The Balaban J connectivity index is 0.00000312. The first-order valence-corrected chi connectivity index (χ1v) is 8.13. The van der Waals surface area contributed by atoms with Crippen LogP contribution < -0.4 is 4.74 Å². The van der Waals surface area contributed by atoms with Gasteiger partial charge in [-0.25, -0.2) is 0 Å². The molecule has 5 heteroatoms. The first-order valence-electron chi connectivity index (χ1n) is 8.13. The van der Waals surface area contributed by atoms with E-state index in [9.17, 15) is 4.79 Å². The van der Waals surface area contributed by atoms with E-state index in [-0.39, 0.29) is 25.0 Å². The van der Waals surface area contributed by atoms with Crippen molar-refractivity contribution in [1.82, 2.24) is 4.90 Å². The largest absolute Gasteiger partial charge is 0.489 e. The van der Waals surface area contributed by atoms with Crippen LogP contribution in [0.2, 0.25) is 0 Å². The molecule has 0 saturated heterocycles. The number of hydrogen-bond acceptors (Lipinski definition) is 3. The quantitative estimate of drug-likeness (QED) is 0.771. The molecule has 2 aromatic carbocycles. The molecule has 2 rings (SSSR count). The van der Waals surface area contributed by atoms with E-state index in [1.54, 1.807) is 0 Å². The van der Waals surface area contributed by atoms with Crippen molar-refractivity contribution >= 4 is 18.4 Å². The zero-order chi connectivity index (χ0) is 17.5. The summed E-state index contributed by atoms with van der Waals surface area (Å²) in [4.78, 5) is 12.6. The summed E-state index contributed by atoms with van der Waals surface area (Å²) in [6.07, 6.45) is 0.807. The molecule has 0 fully saturated rings. The number of aryl methyl sites for hydroxylation is 1. The van der Waals surface area contributed by atoms with Crippen molar-refractivity contribution < 1.29 is 14.6 Å². The summed E-state index contributed by atoms with van der Waals surface area (Å²) < 4.78 is 5.82. The molecule has 25 heavy (non-hydrogen) atoms. The Hall–Kier alpha value is -2.04. The third kappa shape index (κ3) is 7.16. The van der Waals surface area contributed by atoms with Crippen LogP contribution in [0.15, 0.2) is 48.5 Å². The zero-order valence-corrected chi connectivity index (χ0v) is 15.8. The van der Waals surface area contributed by atoms with Gasteiger partial charge in [-0.1, -0.05) is 42.0 Å². The number of hydrogen-bond donors (Lipinski definition) is 1. The van der Waals surface area contributed by atoms with E-state index < -0.39 is 5.97 Å². The maximum absolute atomic E-state index is 10.8. The molecule has 0 unspecified atom stereocenters. The van der Waals surface area contributed by atoms with Gasteiger partial charge in [0.05, 0.1) is 6.54 Å². The lowest BCUT2D eigenvalue weighted by Gasteiger charge is -2.22. The van der Waals surface area contributed by atoms with Gasteiger partial charge in [0, 0.05) is 6.04 Å². The summed E-state index contributed by atoms with van der Waals surface area (Å²) in [6, 6.07) is 16.5. The molecular formula is C20H26ClNO3. The van der Waals surface area contributed by atoms with E-state index in [0.717, 1.165) is 17.7 Å². The summed E-state index contributed by atoms with van der Waals surface area (Å²) in [5, 5.41) is 8.85. The molecule has 0 aliphatic rings. The van der Waals surface area contributed by atoms with Crippen molar-refractivity contribution in [3.63, 3.8) is 0 Å². The molecule has 1 atom stereocenters. The van der Waals surface area contributed by atoms with Gasteiger partial charge >= 0.3 is 5.97 Å². The molecule has 0 amide bonds. The maximum atomic E-state index is 10.8. The molecule has 0 spiro atoms. The number of halogens is 1. The number of carboxylic acids is 1. The molecule has 0 aliphatic carbocycles. The first kappa shape index (κ1) is 21.0. The average Bonchev–Trinajstić information content (AvgIpc) is 2.53. The molecular weight excluding hydrogens is 338 g/mol. The second kappa shape index (κ2) is 10.1. The number of ether oxygens (including phenoxy) is 1. The monoisotopic (exact) mass is 363 g/mol. The number of likely N-dealkylation sites (N-methyl/N-ethyl adjacent to an activating group) is 1. The van der Waals surface area contributed by atoms with Crippen molar-refractivity contribution in [2.45, 2.75) is 32.9 Å². The highest BCUT2D eigenvalue weighted by molar-refractivity contribution is 5.85. The van der Waals surface area contributed by atoms with Gasteiger partial charge < -0.3 is 9.84 Å². The average molecular weight is 364 g/mol. The van der Waals surface area contributed by atoms with E-state index in [4.69, 9.17) is 9.84 Å². The fourth-order valence-corrected chi connectivity index (χ4v) is 2.56. The van der Waals surface area contributed by atoms with Gasteiger partial charge in [0.15, 0.2) is 0 Å². The highest BCUT2D eigenvalue weighted by Crippen LogP contribution is 2.16. The summed E-state index contributed by atoms with van der Waals surface area (Å²) in [6.45, 7) is 4.71. The summed E-state index contributed by atoms with van der Waals surface area (Å²) in [5.41, 5.74) is 3.55. The predicted octanol–water partition coefficient (Wildman–Crippen LogP) is 3.94.